The molecule has 0 unspecified atom stereocenters. The molecule has 0 aliphatic heterocycles. The predicted octanol–water partition coefficient (Wildman–Crippen LogP) is 3.11. The molecule has 0 radical (unpaired) electrons. The lowest BCUT2D eigenvalue weighted by atomic mass is 10.2. The highest BCUT2D eigenvalue weighted by atomic mass is 35.5. The molecule has 0 atom stereocenters. The van der Waals surface area contributed by atoms with Gasteiger partial charge in [0, 0.05) is 12.7 Å². The third kappa shape index (κ3) is 3.47. The number of aromatic nitrogens is 1. The fraction of sp³-hybridized carbons (Fsp3) is 0.100. The van der Waals surface area contributed by atoms with Crippen LogP contribution >= 0.6 is 36.2 Å². The van der Waals surface area contributed by atoms with Crippen molar-refractivity contribution in [2.45, 2.75) is 6.54 Å². The molecule has 82 valence electrons. The van der Waals surface area contributed by atoms with E-state index in [9.17, 15) is 0 Å². The summed E-state index contributed by atoms with van der Waals surface area (Å²) in [5.41, 5.74) is 7.68. The minimum absolute atomic E-state index is 0. The van der Waals surface area contributed by atoms with Gasteiger partial charge in [0.05, 0.1) is 10.6 Å². The molecule has 0 aliphatic rings. The summed E-state index contributed by atoms with van der Waals surface area (Å²) in [5, 5.41) is 2.05. The summed E-state index contributed by atoms with van der Waals surface area (Å²) in [6.45, 7) is 0.570. The number of rotatable bonds is 2. The standard InChI is InChI=1S/C10H10N2S.2ClH/c11-7-8-3-4-12-9(6-8)10-2-1-5-13-10;;/h1-6H,7,11H2;2*1H. The lowest BCUT2D eigenvalue weighted by molar-refractivity contribution is 1.06. The Morgan fingerprint density at radius 3 is 2.67 bits per heavy atom. The highest BCUT2D eigenvalue weighted by Crippen LogP contribution is 2.22. The number of nitrogens with two attached hydrogens (primary N) is 1. The van der Waals surface area contributed by atoms with Crippen molar-refractivity contribution < 1.29 is 0 Å². The van der Waals surface area contributed by atoms with Gasteiger partial charge in [-0.25, -0.2) is 0 Å². The zero-order valence-corrected chi connectivity index (χ0v) is 10.4. The molecule has 2 aromatic rings. The number of pyridine rings is 1. The van der Waals surface area contributed by atoms with Crippen molar-refractivity contribution in [2.24, 2.45) is 5.73 Å². The minimum atomic E-state index is 0. The average Bonchev–Trinajstić information content (AvgIpc) is 2.71. The number of thiophene rings is 1. The van der Waals surface area contributed by atoms with E-state index in [-0.39, 0.29) is 24.8 Å². The SMILES string of the molecule is Cl.Cl.NCc1ccnc(-c2cccs2)c1. The van der Waals surface area contributed by atoms with E-state index in [1.54, 1.807) is 17.5 Å². The highest BCUT2D eigenvalue weighted by Gasteiger charge is 1.99. The Balaban J connectivity index is 0.000000980. The van der Waals surface area contributed by atoms with Crippen LogP contribution in [-0.4, -0.2) is 4.98 Å². The first kappa shape index (κ1) is 14.4. The molecule has 0 amide bonds. The number of hydrogen-bond donors (Lipinski definition) is 1. The molecular formula is C10H12Cl2N2S. The molecule has 2 rings (SSSR count). The van der Waals surface area contributed by atoms with Crippen LogP contribution in [0.2, 0.25) is 0 Å². The van der Waals surface area contributed by atoms with Gasteiger partial charge in [-0.2, -0.15) is 0 Å². The molecule has 2 N–H and O–H groups in total. The summed E-state index contributed by atoms with van der Waals surface area (Å²) < 4.78 is 0. The van der Waals surface area contributed by atoms with Gasteiger partial charge in [-0.05, 0) is 29.1 Å². The van der Waals surface area contributed by atoms with Crippen LogP contribution in [0.1, 0.15) is 5.56 Å². The van der Waals surface area contributed by atoms with Crippen LogP contribution in [0.15, 0.2) is 35.8 Å². The lowest BCUT2D eigenvalue weighted by Crippen LogP contribution is -1.96. The number of halogens is 2. The van der Waals surface area contributed by atoms with Crippen molar-refractivity contribution in [1.82, 2.24) is 4.98 Å². The zero-order chi connectivity index (χ0) is 9.10. The van der Waals surface area contributed by atoms with Gasteiger partial charge in [0.25, 0.3) is 0 Å². The third-order valence-corrected chi connectivity index (χ3v) is 2.73. The van der Waals surface area contributed by atoms with Crippen molar-refractivity contribution in [2.75, 3.05) is 0 Å². The van der Waals surface area contributed by atoms with Crippen molar-refractivity contribution >= 4 is 36.2 Å². The van der Waals surface area contributed by atoms with Gasteiger partial charge in [-0.15, -0.1) is 36.2 Å². The van der Waals surface area contributed by atoms with Crippen LogP contribution in [-0.2, 0) is 6.54 Å². The first-order chi connectivity index (χ1) is 6.40. The molecular weight excluding hydrogens is 251 g/mol. The van der Waals surface area contributed by atoms with Gasteiger partial charge in [-0.3, -0.25) is 4.98 Å². The second-order valence-electron chi connectivity index (χ2n) is 2.73. The Kier molecular flexibility index (Phi) is 6.52. The summed E-state index contributed by atoms with van der Waals surface area (Å²) >= 11 is 1.69. The average molecular weight is 263 g/mol. The summed E-state index contributed by atoms with van der Waals surface area (Å²) in [6, 6.07) is 8.06. The van der Waals surface area contributed by atoms with Gasteiger partial charge in [0.2, 0.25) is 0 Å². The Morgan fingerprint density at radius 1 is 1.27 bits per heavy atom. The first-order valence-corrected chi connectivity index (χ1v) is 4.97. The molecule has 2 aromatic heterocycles. The quantitative estimate of drug-likeness (QED) is 0.904. The van der Waals surface area contributed by atoms with Gasteiger partial charge in [0.1, 0.15) is 0 Å². The summed E-state index contributed by atoms with van der Waals surface area (Å²) in [6.07, 6.45) is 1.80. The van der Waals surface area contributed by atoms with E-state index in [0.29, 0.717) is 6.54 Å². The Bertz CT molecular complexity index is 390. The summed E-state index contributed by atoms with van der Waals surface area (Å²) in [4.78, 5) is 5.47. The molecule has 0 saturated carbocycles. The van der Waals surface area contributed by atoms with Crippen LogP contribution < -0.4 is 5.73 Å². The second-order valence-corrected chi connectivity index (χ2v) is 3.68. The van der Waals surface area contributed by atoms with E-state index in [1.165, 1.54) is 4.88 Å². The topological polar surface area (TPSA) is 38.9 Å². The smallest absolute Gasteiger partial charge is 0.0804 e. The summed E-state index contributed by atoms with van der Waals surface area (Å²) in [7, 11) is 0. The van der Waals surface area contributed by atoms with E-state index in [1.807, 2.05) is 23.6 Å². The van der Waals surface area contributed by atoms with Crippen LogP contribution in [0.25, 0.3) is 10.6 Å². The molecule has 0 spiro atoms. The maximum atomic E-state index is 5.55. The molecule has 0 bridgehead atoms. The second kappa shape index (κ2) is 6.80. The van der Waals surface area contributed by atoms with E-state index < -0.39 is 0 Å². The van der Waals surface area contributed by atoms with Crippen LogP contribution in [0, 0.1) is 0 Å². The monoisotopic (exact) mass is 262 g/mol. The molecule has 2 heterocycles. The maximum Gasteiger partial charge on any atom is 0.0804 e. The van der Waals surface area contributed by atoms with Gasteiger partial charge in [-0.1, -0.05) is 6.07 Å². The fourth-order valence-electron chi connectivity index (χ4n) is 1.16. The molecule has 15 heavy (non-hydrogen) atoms. The largest absolute Gasteiger partial charge is 0.326 e. The maximum absolute atomic E-state index is 5.55. The molecule has 0 fully saturated rings. The lowest BCUT2D eigenvalue weighted by Gasteiger charge is -1.99. The number of hydrogen-bond acceptors (Lipinski definition) is 3. The number of nitrogens with zero attached hydrogens (tertiary/aromatic N) is 1. The van der Waals surface area contributed by atoms with E-state index in [0.717, 1.165) is 11.3 Å². The Labute approximate surface area is 105 Å². The van der Waals surface area contributed by atoms with Crippen molar-refractivity contribution in [1.29, 1.82) is 0 Å². The van der Waals surface area contributed by atoms with Crippen molar-refractivity contribution in [3.05, 3.63) is 41.4 Å². The normalized spacial score (nSPS) is 8.87. The van der Waals surface area contributed by atoms with Crippen LogP contribution in [0.4, 0.5) is 0 Å². The molecule has 0 aromatic carbocycles. The van der Waals surface area contributed by atoms with Crippen molar-refractivity contribution in [3.63, 3.8) is 0 Å². The van der Waals surface area contributed by atoms with Crippen LogP contribution in [0.5, 0.6) is 0 Å². The first-order valence-electron chi connectivity index (χ1n) is 4.09. The zero-order valence-electron chi connectivity index (χ0n) is 7.92. The molecule has 2 nitrogen and oxygen atoms in total. The van der Waals surface area contributed by atoms with Gasteiger partial charge >= 0.3 is 0 Å². The van der Waals surface area contributed by atoms with Crippen molar-refractivity contribution in [3.8, 4) is 10.6 Å². The Morgan fingerprint density at radius 2 is 2.07 bits per heavy atom. The molecule has 0 aliphatic carbocycles. The third-order valence-electron chi connectivity index (χ3n) is 1.83. The van der Waals surface area contributed by atoms with Crippen LogP contribution in [0.3, 0.4) is 0 Å². The highest BCUT2D eigenvalue weighted by molar-refractivity contribution is 7.13. The van der Waals surface area contributed by atoms with E-state index in [2.05, 4.69) is 11.1 Å². The van der Waals surface area contributed by atoms with Gasteiger partial charge in [0.15, 0.2) is 0 Å². The minimum Gasteiger partial charge on any atom is -0.326 e. The summed E-state index contributed by atoms with van der Waals surface area (Å²) in [5.74, 6) is 0. The van der Waals surface area contributed by atoms with Gasteiger partial charge < -0.3 is 5.73 Å². The molecule has 0 saturated heterocycles. The predicted molar refractivity (Wildman–Crippen MR) is 69.9 cm³/mol. The van der Waals surface area contributed by atoms with E-state index >= 15 is 0 Å². The van der Waals surface area contributed by atoms with E-state index in [4.69, 9.17) is 5.73 Å². The fourth-order valence-corrected chi connectivity index (χ4v) is 1.85. The molecule has 5 heteroatoms. The Hall–Kier alpha value is -0.610.